The smallest absolute Gasteiger partial charge is 0.163 e. The van der Waals surface area contributed by atoms with E-state index in [0.29, 0.717) is 11.1 Å². The summed E-state index contributed by atoms with van der Waals surface area (Å²) >= 11 is 0. The predicted molar refractivity (Wildman–Crippen MR) is 55.4 cm³/mol. The Morgan fingerprint density at radius 2 is 1.87 bits per heavy atom. The number of hydrogen-bond donors (Lipinski definition) is 1. The largest absolute Gasteiger partial charge is 0.323 e. The molecule has 3 heteroatoms. The van der Waals surface area contributed by atoms with Crippen LogP contribution < -0.4 is 5.73 Å². The molecule has 1 saturated carbocycles. The van der Waals surface area contributed by atoms with Gasteiger partial charge in [0.05, 0.1) is 0 Å². The lowest BCUT2D eigenvalue weighted by atomic mass is 9.91. The Kier molecular flexibility index (Phi) is 2.30. The van der Waals surface area contributed by atoms with Gasteiger partial charge in [-0.1, -0.05) is 19.1 Å². The quantitative estimate of drug-likeness (QED) is 0.799. The molecule has 1 aromatic rings. The van der Waals surface area contributed by atoms with Gasteiger partial charge in [0.25, 0.3) is 0 Å². The lowest BCUT2D eigenvalue weighted by molar-refractivity contribution is 0.416. The van der Waals surface area contributed by atoms with Gasteiger partial charge in [-0.05, 0) is 30.7 Å². The van der Waals surface area contributed by atoms with E-state index in [4.69, 9.17) is 5.73 Å². The molecule has 1 aliphatic carbocycles. The minimum absolute atomic E-state index is 0.0391. The van der Waals surface area contributed by atoms with Crippen LogP contribution in [0.1, 0.15) is 36.9 Å². The molecule has 1 fully saturated rings. The van der Waals surface area contributed by atoms with Gasteiger partial charge in [-0.3, -0.25) is 0 Å². The van der Waals surface area contributed by atoms with Crippen LogP contribution in [0.2, 0.25) is 0 Å². The molecule has 0 amide bonds. The van der Waals surface area contributed by atoms with Gasteiger partial charge >= 0.3 is 0 Å². The third-order valence-corrected chi connectivity index (χ3v) is 3.43. The first-order valence-corrected chi connectivity index (χ1v) is 5.16. The van der Waals surface area contributed by atoms with E-state index in [1.165, 1.54) is 0 Å². The van der Waals surface area contributed by atoms with Crippen LogP contribution in [0.15, 0.2) is 12.1 Å². The summed E-state index contributed by atoms with van der Waals surface area (Å²) in [5, 5.41) is 0. The average molecular weight is 211 g/mol. The molecule has 0 heterocycles. The Balaban J connectivity index is 2.41. The van der Waals surface area contributed by atoms with E-state index in [0.717, 1.165) is 12.8 Å². The third kappa shape index (κ3) is 1.65. The van der Waals surface area contributed by atoms with Crippen molar-refractivity contribution < 1.29 is 8.78 Å². The standard InChI is InChI=1S/C12H15F2N/c1-7-3-4-8(10(14)9(7)13)11(15)12(2)5-6-12/h3-4,11H,5-6,15H2,1-2H3. The predicted octanol–water partition coefficient (Wildman–Crippen LogP) is 3.07. The summed E-state index contributed by atoms with van der Waals surface area (Å²) in [6.07, 6.45) is 1.98. The summed E-state index contributed by atoms with van der Waals surface area (Å²) in [5.41, 5.74) is 6.54. The molecule has 0 bridgehead atoms. The minimum atomic E-state index is -0.782. The van der Waals surface area contributed by atoms with Crippen molar-refractivity contribution in [2.45, 2.75) is 32.7 Å². The molecule has 1 aliphatic rings. The number of nitrogens with two attached hydrogens (primary N) is 1. The van der Waals surface area contributed by atoms with Crippen molar-refractivity contribution in [1.29, 1.82) is 0 Å². The van der Waals surface area contributed by atoms with Crippen molar-refractivity contribution >= 4 is 0 Å². The fraction of sp³-hybridized carbons (Fsp3) is 0.500. The topological polar surface area (TPSA) is 26.0 Å². The summed E-state index contributed by atoms with van der Waals surface area (Å²) < 4.78 is 26.9. The van der Waals surface area contributed by atoms with Crippen LogP contribution >= 0.6 is 0 Å². The van der Waals surface area contributed by atoms with Gasteiger partial charge in [0.1, 0.15) is 0 Å². The molecule has 2 N–H and O–H groups in total. The summed E-state index contributed by atoms with van der Waals surface area (Å²) in [4.78, 5) is 0. The molecule has 1 nitrogen and oxygen atoms in total. The molecule has 0 radical (unpaired) electrons. The van der Waals surface area contributed by atoms with Crippen LogP contribution in [0.3, 0.4) is 0 Å². The van der Waals surface area contributed by atoms with Crippen LogP contribution in [0.4, 0.5) is 8.78 Å². The lowest BCUT2D eigenvalue weighted by Gasteiger charge is -2.20. The van der Waals surface area contributed by atoms with Crippen LogP contribution in [0.5, 0.6) is 0 Å². The Hall–Kier alpha value is -0.960. The molecular formula is C12H15F2N. The Morgan fingerprint density at radius 3 is 2.40 bits per heavy atom. The zero-order chi connectivity index (χ0) is 11.2. The maximum absolute atomic E-state index is 13.6. The molecule has 0 saturated heterocycles. The van der Waals surface area contributed by atoms with Crippen LogP contribution in [0.25, 0.3) is 0 Å². The van der Waals surface area contributed by atoms with Gasteiger partial charge in [-0.2, -0.15) is 0 Å². The molecular weight excluding hydrogens is 196 g/mol. The molecule has 1 unspecified atom stereocenters. The van der Waals surface area contributed by atoms with Crippen LogP contribution in [-0.2, 0) is 0 Å². The number of aryl methyl sites for hydroxylation is 1. The lowest BCUT2D eigenvalue weighted by Crippen LogP contribution is -2.22. The molecule has 1 aromatic carbocycles. The monoisotopic (exact) mass is 211 g/mol. The van der Waals surface area contributed by atoms with Gasteiger partial charge in [-0.25, -0.2) is 8.78 Å². The van der Waals surface area contributed by atoms with Crippen molar-refractivity contribution in [1.82, 2.24) is 0 Å². The molecule has 2 rings (SSSR count). The van der Waals surface area contributed by atoms with E-state index in [9.17, 15) is 8.78 Å². The fourth-order valence-electron chi connectivity index (χ4n) is 1.78. The normalized spacial score (nSPS) is 20.1. The van der Waals surface area contributed by atoms with E-state index >= 15 is 0 Å². The summed E-state index contributed by atoms with van der Waals surface area (Å²) in [6, 6.07) is 2.79. The fourth-order valence-corrected chi connectivity index (χ4v) is 1.78. The van der Waals surface area contributed by atoms with Gasteiger partial charge in [0.2, 0.25) is 0 Å². The van der Waals surface area contributed by atoms with Crippen LogP contribution in [0, 0.1) is 24.0 Å². The number of benzene rings is 1. The number of hydrogen-bond acceptors (Lipinski definition) is 1. The number of rotatable bonds is 2. The highest BCUT2D eigenvalue weighted by molar-refractivity contribution is 5.30. The highest BCUT2D eigenvalue weighted by Gasteiger charge is 2.44. The second-order valence-electron chi connectivity index (χ2n) is 4.73. The molecule has 1 atom stereocenters. The number of halogens is 2. The molecule has 15 heavy (non-hydrogen) atoms. The van der Waals surface area contributed by atoms with E-state index in [2.05, 4.69) is 0 Å². The first kappa shape index (κ1) is 10.6. The van der Waals surface area contributed by atoms with E-state index < -0.39 is 17.7 Å². The second kappa shape index (κ2) is 3.27. The molecule has 0 spiro atoms. The van der Waals surface area contributed by atoms with Crippen molar-refractivity contribution in [3.63, 3.8) is 0 Å². The van der Waals surface area contributed by atoms with Gasteiger partial charge < -0.3 is 5.73 Å². The molecule has 0 aromatic heterocycles. The average Bonchev–Trinajstić information content (AvgIpc) is 2.94. The van der Waals surface area contributed by atoms with E-state index in [1.807, 2.05) is 6.92 Å². The van der Waals surface area contributed by atoms with Crippen LogP contribution in [-0.4, -0.2) is 0 Å². The first-order valence-electron chi connectivity index (χ1n) is 5.16. The van der Waals surface area contributed by atoms with Gasteiger partial charge in [0, 0.05) is 11.6 Å². The van der Waals surface area contributed by atoms with Crippen molar-refractivity contribution in [2.75, 3.05) is 0 Å². The Bertz CT molecular complexity index is 397. The highest BCUT2D eigenvalue weighted by atomic mass is 19.2. The second-order valence-corrected chi connectivity index (χ2v) is 4.73. The van der Waals surface area contributed by atoms with Crippen molar-refractivity contribution in [3.05, 3.63) is 34.9 Å². The third-order valence-electron chi connectivity index (χ3n) is 3.43. The Morgan fingerprint density at radius 1 is 1.27 bits per heavy atom. The minimum Gasteiger partial charge on any atom is -0.323 e. The van der Waals surface area contributed by atoms with E-state index in [1.54, 1.807) is 19.1 Å². The highest BCUT2D eigenvalue weighted by Crippen LogP contribution is 2.53. The summed E-state index contributed by atoms with van der Waals surface area (Å²) in [5.74, 6) is -1.55. The zero-order valence-electron chi connectivity index (χ0n) is 8.98. The molecule has 82 valence electrons. The summed E-state index contributed by atoms with van der Waals surface area (Å²) in [6.45, 7) is 3.56. The van der Waals surface area contributed by atoms with Gasteiger partial charge in [0.15, 0.2) is 11.6 Å². The zero-order valence-corrected chi connectivity index (χ0v) is 8.98. The van der Waals surface area contributed by atoms with Crippen molar-refractivity contribution in [2.24, 2.45) is 11.1 Å². The van der Waals surface area contributed by atoms with Gasteiger partial charge in [-0.15, -0.1) is 0 Å². The molecule has 0 aliphatic heterocycles. The SMILES string of the molecule is Cc1ccc(C(N)C2(C)CC2)c(F)c1F. The van der Waals surface area contributed by atoms with Crippen molar-refractivity contribution in [3.8, 4) is 0 Å². The summed E-state index contributed by atoms with van der Waals surface area (Å²) in [7, 11) is 0. The maximum Gasteiger partial charge on any atom is 0.163 e. The first-order chi connectivity index (χ1) is 6.96. The maximum atomic E-state index is 13.6. The van der Waals surface area contributed by atoms with E-state index in [-0.39, 0.29) is 5.41 Å². The Labute approximate surface area is 88.3 Å².